The van der Waals surface area contributed by atoms with Gasteiger partial charge in [0.25, 0.3) is 0 Å². The van der Waals surface area contributed by atoms with Gasteiger partial charge in [0.15, 0.2) is 22.8 Å². The summed E-state index contributed by atoms with van der Waals surface area (Å²) < 4.78 is 21.1. The highest BCUT2D eigenvalue weighted by atomic mass is 35.5. The van der Waals surface area contributed by atoms with Crippen LogP contribution in [0.15, 0.2) is 82.8 Å². The highest BCUT2D eigenvalue weighted by Gasteiger charge is 2.34. The number of carbonyl (C=O) groups excluding carboxylic acids is 2. The number of carbonyl (C=O) groups is 2. The lowest BCUT2D eigenvalue weighted by Crippen LogP contribution is -2.03. The normalized spacial score (nSPS) is 13.1. The maximum absolute atomic E-state index is 13.4. The summed E-state index contributed by atoms with van der Waals surface area (Å²) in [5, 5.41) is 0.408. The number of aromatic nitrogens is 2. The van der Waals surface area contributed by atoms with E-state index in [9.17, 15) is 14.0 Å². The Morgan fingerprint density at radius 3 is 2.11 bits per heavy atom. The maximum Gasteiger partial charge on any atom is 0.228 e. The molecule has 0 saturated heterocycles. The number of hydrogen-bond acceptors (Lipinski definition) is 4. The van der Waals surface area contributed by atoms with Gasteiger partial charge in [-0.3, -0.25) is 14.2 Å². The minimum atomic E-state index is -0.430. The highest BCUT2D eigenvalue weighted by molar-refractivity contribution is 6.46. The van der Waals surface area contributed by atoms with E-state index in [1.54, 1.807) is 22.8 Å². The fourth-order valence-corrected chi connectivity index (χ4v) is 4.49. The third-order valence-electron chi connectivity index (χ3n) is 5.82. The van der Waals surface area contributed by atoms with E-state index < -0.39 is 11.6 Å². The van der Waals surface area contributed by atoms with Crippen molar-refractivity contribution in [2.24, 2.45) is 0 Å². The lowest BCUT2D eigenvalue weighted by atomic mass is 10.1. The first kappa shape index (κ1) is 21.5. The average molecular weight is 503 g/mol. The molecular formula is C27H13Cl2FN2O3. The molecule has 0 N–H and O–H groups in total. The summed E-state index contributed by atoms with van der Waals surface area (Å²) in [4.78, 5) is 30.8. The van der Waals surface area contributed by atoms with Gasteiger partial charge in [-0.2, -0.15) is 4.98 Å². The van der Waals surface area contributed by atoms with Crippen molar-refractivity contribution in [3.8, 4) is 17.1 Å². The third-order valence-corrected chi connectivity index (χ3v) is 6.54. The Morgan fingerprint density at radius 1 is 0.857 bits per heavy atom. The molecular weight excluding hydrogens is 490 g/mol. The summed E-state index contributed by atoms with van der Waals surface area (Å²) in [5.74, 6) is -0.896. The maximum atomic E-state index is 13.4. The molecule has 5 aromatic rings. The third kappa shape index (κ3) is 3.50. The number of Topliss-reactive ketones (excluding diaryl/α,β-unsaturated/α-hetero) is 2. The van der Waals surface area contributed by atoms with Gasteiger partial charge in [-0.05, 0) is 54.6 Å². The van der Waals surface area contributed by atoms with Crippen molar-refractivity contribution in [3.63, 3.8) is 0 Å². The van der Waals surface area contributed by atoms with Crippen LogP contribution in [0.5, 0.6) is 0 Å². The summed E-state index contributed by atoms with van der Waals surface area (Å²) in [6, 6.07) is 19.7. The second kappa shape index (κ2) is 8.05. The molecule has 0 bridgehead atoms. The Bertz CT molecular complexity index is 1660. The van der Waals surface area contributed by atoms with Crippen LogP contribution in [-0.4, -0.2) is 21.1 Å². The molecule has 0 amide bonds. The molecule has 0 aliphatic heterocycles. The first-order valence-corrected chi connectivity index (χ1v) is 11.3. The van der Waals surface area contributed by atoms with Crippen LogP contribution in [0.2, 0.25) is 10.0 Å². The van der Waals surface area contributed by atoms with Crippen molar-refractivity contribution in [1.82, 2.24) is 9.55 Å². The quantitative estimate of drug-likeness (QED) is 0.193. The fourth-order valence-electron chi connectivity index (χ4n) is 4.16. The number of allylic oxidation sites excluding steroid dienone is 1. The summed E-state index contributed by atoms with van der Waals surface area (Å²) in [6.45, 7) is 0. The Morgan fingerprint density at radius 2 is 1.49 bits per heavy atom. The Kier molecular flexibility index (Phi) is 4.95. The van der Waals surface area contributed by atoms with E-state index in [4.69, 9.17) is 27.6 Å². The van der Waals surface area contributed by atoms with Gasteiger partial charge < -0.3 is 4.42 Å². The molecule has 1 aliphatic carbocycles. The second-order valence-electron chi connectivity index (χ2n) is 7.98. The zero-order valence-electron chi connectivity index (χ0n) is 17.8. The molecule has 0 spiro atoms. The number of halogens is 3. The predicted molar refractivity (Wildman–Crippen MR) is 132 cm³/mol. The number of ketones is 2. The summed E-state index contributed by atoms with van der Waals surface area (Å²) in [7, 11) is 0. The van der Waals surface area contributed by atoms with Crippen molar-refractivity contribution in [2.45, 2.75) is 0 Å². The Labute approximate surface area is 208 Å². The van der Waals surface area contributed by atoms with Gasteiger partial charge in [-0.1, -0.05) is 41.4 Å². The number of rotatable bonds is 3. The van der Waals surface area contributed by atoms with Gasteiger partial charge in [0, 0.05) is 28.4 Å². The van der Waals surface area contributed by atoms with Crippen molar-refractivity contribution in [1.29, 1.82) is 0 Å². The molecule has 0 radical (unpaired) electrons. The molecule has 0 atom stereocenters. The number of para-hydroxylation sites is 1. The van der Waals surface area contributed by atoms with Gasteiger partial charge in [0.2, 0.25) is 5.89 Å². The first-order valence-electron chi connectivity index (χ1n) is 10.5. The molecule has 170 valence electrons. The molecule has 2 aromatic heterocycles. The molecule has 3 aromatic carbocycles. The molecule has 0 unspecified atom stereocenters. The van der Waals surface area contributed by atoms with E-state index in [0.29, 0.717) is 28.4 Å². The average Bonchev–Trinajstić information content (AvgIpc) is 3.47. The van der Waals surface area contributed by atoms with Gasteiger partial charge in [0.05, 0.1) is 21.3 Å². The summed E-state index contributed by atoms with van der Waals surface area (Å²) in [5.41, 5.74) is 3.27. The van der Waals surface area contributed by atoms with Crippen molar-refractivity contribution < 1.29 is 18.4 Å². The van der Waals surface area contributed by atoms with Crippen LogP contribution in [0.1, 0.15) is 26.4 Å². The van der Waals surface area contributed by atoms with Crippen molar-refractivity contribution >= 4 is 52.1 Å². The Balaban J connectivity index is 1.52. The van der Waals surface area contributed by atoms with Crippen molar-refractivity contribution in [3.05, 3.63) is 111 Å². The van der Waals surface area contributed by atoms with Crippen LogP contribution in [-0.2, 0) is 0 Å². The number of fused-ring (bicyclic) bond motifs is 2. The largest absolute Gasteiger partial charge is 0.434 e. The minimum Gasteiger partial charge on any atom is -0.434 e. The highest BCUT2D eigenvalue weighted by Crippen LogP contribution is 2.36. The Hall–Kier alpha value is -4.00. The van der Waals surface area contributed by atoms with Crippen molar-refractivity contribution in [2.75, 3.05) is 0 Å². The molecule has 5 nitrogen and oxygen atoms in total. The smallest absolute Gasteiger partial charge is 0.228 e. The second-order valence-corrected chi connectivity index (χ2v) is 8.80. The van der Waals surface area contributed by atoms with E-state index in [1.807, 2.05) is 30.3 Å². The SMILES string of the molecule is O=C1C(=Cc2cc3oc(-c4ccc(F)cc4)nc3n2-c2ccccc2)C(=O)c2cc(Cl)c(Cl)cc21. The van der Waals surface area contributed by atoms with Crippen LogP contribution < -0.4 is 0 Å². The zero-order valence-corrected chi connectivity index (χ0v) is 19.3. The number of hydrogen-bond donors (Lipinski definition) is 0. The minimum absolute atomic E-state index is 0.00516. The van der Waals surface area contributed by atoms with Crippen LogP contribution >= 0.6 is 23.2 Å². The van der Waals surface area contributed by atoms with Crippen LogP contribution in [0.4, 0.5) is 4.39 Å². The number of oxazole rings is 1. The van der Waals surface area contributed by atoms with Gasteiger partial charge >= 0.3 is 0 Å². The topological polar surface area (TPSA) is 65.1 Å². The molecule has 35 heavy (non-hydrogen) atoms. The molecule has 0 fully saturated rings. The molecule has 6 rings (SSSR count). The van der Waals surface area contributed by atoms with E-state index >= 15 is 0 Å². The van der Waals surface area contributed by atoms with E-state index in [-0.39, 0.29) is 32.6 Å². The molecule has 1 aliphatic rings. The fraction of sp³-hybridized carbons (Fsp3) is 0. The zero-order chi connectivity index (χ0) is 24.3. The summed E-state index contributed by atoms with van der Waals surface area (Å²) in [6.07, 6.45) is 1.52. The van der Waals surface area contributed by atoms with Gasteiger partial charge in [-0.15, -0.1) is 0 Å². The molecule has 0 saturated carbocycles. The lowest BCUT2D eigenvalue weighted by Gasteiger charge is -2.07. The summed E-state index contributed by atoms with van der Waals surface area (Å²) >= 11 is 12.1. The van der Waals surface area contributed by atoms with E-state index in [2.05, 4.69) is 4.98 Å². The monoisotopic (exact) mass is 502 g/mol. The van der Waals surface area contributed by atoms with Gasteiger partial charge in [0.1, 0.15) is 5.82 Å². The van der Waals surface area contributed by atoms with Crippen LogP contribution in [0.25, 0.3) is 34.4 Å². The number of benzene rings is 3. The molecule has 2 heterocycles. The number of nitrogens with zero attached hydrogens (tertiary/aromatic N) is 2. The first-order chi connectivity index (χ1) is 16.9. The van der Waals surface area contributed by atoms with E-state index in [0.717, 1.165) is 5.69 Å². The van der Waals surface area contributed by atoms with Gasteiger partial charge in [-0.25, -0.2) is 4.39 Å². The standard InChI is InChI=1S/C27H13Cl2FN2O3/c28-21-12-18-19(13-22(21)29)25(34)20(24(18)33)10-17-11-23-26(32(17)16-4-2-1-3-5-16)31-27(35-23)14-6-8-15(30)9-7-14/h1-13H. The van der Waals surface area contributed by atoms with Crippen LogP contribution in [0, 0.1) is 5.82 Å². The predicted octanol–water partition coefficient (Wildman–Crippen LogP) is 7.19. The molecule has 8 heteroatoms. The lowest BCUT2D eigenvalue weighted by molar-refractivity contribution is 0.0990. The van der Waals surface area contributed by atoms with E-state index in [1.165, 1.54) is 30.3 Å². The van der Waals surface area contributed by atoms with Crippen LogP contribution in [0.3, 0.4) is 0 Å².